The van der Waals surface area contributed by atoms with E-state index in [1.54, 1.807) is 0 Å². The molecule has 7 heteroatoms. The maximum Gasteiger partial charge on any atom is 0.222 e. The summed E-state index contributed by atoms with van der Waals surface area (Å²) in [5.41, 5.74) is 3.00. The van der Waals surface area contributed by atoms with Crippen molar-refractivity contribution in [3.05, 3.63) is 41.9 Å². The highest BCUT2D eigenvalue weighted by Crippen LogP contribution is 2.27. The predicted octanol–water partition coefficient (Wildman–Crippen LogP) is 3.52. The Morgan fingerprint density at radius 3 is 2.70 bits per heavy atom. The van der Waals surface area contributed by atoms with Gasteiger partial charge in [0.25, 0.3) is 0 Å². The van der Waals surface area contributed by atoms with Gasteiger partial charge in [-0.2, -0.15) is 5.10 Å². The molecule has 0 radical (unpaired) electrons. The molecule has 1 aliphatic heterocycles. The molecule has 0 N–H and O–H groups in total. The van der Waals surface area contributed by atoms with Gasteiger partial charge in [0.05, 0.1) is 17.3 Å². The molecule has 0 atom stereocenters. The Morgan fingerprint density at radius 1 is 1.10 bits per heavy atom. The monoisotopic (exact) mass is 406 g/mol. The fourth-order valence-electron chi connectivity index (χ4n) is 4.05. The van der Waals surface area contributed by atoms with E-state index in [9.17, 15) is 4.79 Å². The molecule has 0 aliphatic carbocycles. The van der Waals surface area contributed by atoms with Gasteiger partial charge in [-0.25, -0.2) is 14.6 Å². The normalized spacial score (nSPS) is 15.1. The molecule has 3 aromatic rings. The summed E-state index contributed by atoms with van der Waals surface area (Å²) in [6, 6.07) is 8.25. The van der Waals surface area contributed by atoms with Gasteiger partial charge >= 0.3 is 0 Å². The summed E-state index contributed by atoms with van der Waals surface area (Å²) in [7, 11) is 0. The summed E-state index contributed by atoms with van der Waals surface area (Å²) < 4.78 is 1.89. The Morgan fingerprint density at radius 2 is 1.93 bits per heavy atom. The maximum absolute atomic E-state index is 12.5. The quantitative estimate of drug-likeness (QED) is 0.663. The minimum atomic E-state index is 0.253. The Labute approximate surface area is 177 Å². The molecule has 1 fully saturated rings. The number of aryl methyl sites for hydroxylation is 2. The molecular weight excluding hydrogens is 376 g/mol. The minimum absolute atomic E-state index is 0.253. The van der Waals surface area contributed by atoms with E-state index >= 15 is 0 Å². The van der Waals surface area contributed by atoms with E-state index in [0.29, 0.717) is 12.3 Å². The highest BCUT2D eigenvalue weighted by atomic mass is 16.2. The molecular formula is C23H30N6O. The minimum Gasteiger partial charge on any atom is -0.354 e. The van der Waals surface area contributed by atoms with Crippen LogP contribution in [0, 0.1) is 19.8 Å². The first-order valence-corrected chi connectivity index (χ1v) is 10.7. The zero-order valence-electron chi connectivity index (χ0n) is 18.3. The van der Waals surface area contributed by atoms with Crippen LogP contribution in [-0.4, -0.2) is 56.7 Å². The molecule has 158 valence electrons. The van der Waals surface area contributed by atoms with E-state index in [2.05, 4.69) is 42.9 Å². The van der Waals surface area contributed by atoms with Gasteiger partial charge in [-0.05, 0) is 43.9 Å². The number of carbonyl (C=O) groups excluding carboxylic acids is 1. The van der Waals surface area contributed by atoms with Gasteiger partial charge in [0.1, 0.15) is 11.6 Å². The second-order valence-electron chi connectivity index (χ2n) is 8.55. The standard InChI is InChI=1S/C23H30N6O/c1-16(2)13-21(30)27-9-6-10-28(12-11-27)22-20-15-24-29(23(20)26-18(4)25-22)19-8-5-7-17(3)14-19/h5,7-8,14-16H,6,9-13H2,1-4H3. The van der Waals surface area contributed by atoms with Crippen LogP contribution in [0.5, 0.6) is 0 Å². The largest absolute Gasteiger partial charge is 0.354 e. The Hall–Kier alpha value is -2.96. The van der Waals surface area contributed by atoms with E-state index in [1.165, 1.54) is 5.56 Å². The summed E-state index contributed by atoms with van der Waals surface area (Å²) in [5.74, 6) is 2.27. The third kappa shape index (κ3) is 4.15. The molecule has 7 nitrogen and oxygen atoms in total. The van der Waals surface area contributed by atoms with E-state index in [0.717, 1.165) is 61.0 Å². The second-order valence-corrected chi connectivity index (χ2v) is 8.55. The molecule has 0 bridgehead atoms. The maximum atomic E-state index is 12.5. The summed E-state index contributed by atoms with van der Waals surface area (Å²) in [6.45, 7) is 11.3. The number of amides is 1. The van der Waals surface area contributed by atoms with Gasteiger partial charge in [0.2, 0.25) is 5.91 Å². The van der Waals surface area contributed by atoms with Crippen molar-refractivity contribution >= 4 is 22.8 Å². The number of anilines is 1. The number of fused-ring (bicyclic) bond motifs is 1. The van der Waals surface area contributed by atoms with Gasteiger partial charge in [0, 0.05) is 32.6 Å². The van der Waals surface area contributed by atoms with Crippen molar-refractivity contribution in [2.75, 3.05) is 31.1 Å². The van der Waals surface area contributed by atoms with Crippen LogP contribution < -0.4 is 4.90 Å². The predicted molar refractivity (Wildman–Crippen MR) is 119 cm³/mol. The van der Waals surface area contributed by atoms with Crippen molar-refractivity contribution in [3.63, 3.8) is 0 Å². The van der Waals surface area contributed by atoms with Crippen LogP contribution in [0.25, 0.3) is 16.7 Å². The van der Waals surface area contributed by atoms with E-state index < -0.39 is 0 Å². The Kier molecular flexibility index (Phi) is 5.70. The van der Waals surface area contributed by atoms with Crippen molar-refractivity contribution in [1.29, 1.82) is 0 Å². The molecule has 1 aliphatic rings. The molecule has 0 unspecified atom stereocenters. The number of carbonyl (C=O) groups is 1. The molecule has 1 saturated heterocycles. The van der Waals surface area contributed by atoms with Gasteiger partial charge in [0.15, 0.2) is 5.65 Å². The third-order valence-electron chi connectivity index (χ3n) is 5.50. The number of rotatable bonds is 4. The first-order valence-electron chi connectivity index (χ1n) is 10.7. The van der Waals surface area contributed by atoms with E-state index in [1.807, 2.05) is 34.8 Å². The van der Waals surface area contributed by atoms with Gasteiger partial charge < -0.3 is 9.80 Å². The number of nitrogens with zero attached hydrogens (tertiary/aromatic N) is 6. The van der Waals surface area contributed by atoms with Gasteiger partial charge in [-0.15, -0.1) is 0 Å². The van der Waals surface area contributed by atoms with Crippen LogP contribution in [-0.2, 0) is 4.79 Å². The first-order chi connectivity index (χ1) is 14.4. The Bertz CT molecular complexity index is 1060. The molecule has 0 spiro atoms. The van der Waals surface area contributed by atoms with Crippen LogP contribution in [0.3, 0.4) is 0 Å². The molecule has 0 saturated carbocycles. The van der Waals surface area contributed by atoms with Crippen molar-refractivity contribution in [3.8, 4) is 5.69 Å². The zero-order valence-corrected chi connectivity index (χ0v) is 18.3. The lowest BCUT2D eigenvalue weighted by Crippen LogP contribution is -2.36. The van der Waals surface area contributed by atoms with Crippen LogP contribution in [0.4, 0.5) is 5.82 Å². The average molecular weight is 407 g/mol. The van der Waals surface area contributed by atoms with Crippen LogP contribution in [0.15, 0.2) is 30.5 Å². The van der Waals surface area contributed by atoms with Crippen molar-refractivity contribution in [1.82, 2.24) is 24.6 Å². The van der Waals surface area contributed by atoms with Crippen molar-refractivity contribution in [2.45, 2.75) is 40.5 Å². The number of benzene rings is 1. The summed E-state index contributed by atoms with van der Waals surface area (Å²) >= 11 is 0. The van der Waals surface area contributed by atoms with E-state index in [-0.39, 0.29) is 5.91 Å². The number of hydrogen-bond acceptors (Lipinski definition) is 5. The van der Waals surface area contributed by atoms with Crippen LogP contribution >= 0.6 is 0 Å². The topological polar surface area (TPSA) is 67.2 Å². The molecule has 3 heterocycles. The lowest BCUT2D eigenvalue weighted by atomic mass is 10.1. The smallest absolute Gasteiger partial charge is 0.222 e. The Balaban J connectivity index is 1.64. The first kappa shape index (κ1) is 20.3. The third-order valence-corrected chi connectivity index (χ3v) is 5.50. The van der Waals surface area contributed by atoms with E-state index in [4.69, 9.17) is 9.97 Å². The fraction of sp³-hybridized carbons (Fsp3) is 0.478. The fourth-order valence-corrected chi connectivity index (χ4v) is 4.05. The molecule has 4 rings (SSSR count). The number of hydrogen-bond donors (Lipinski definition) is 0. The van der Waals surface area contributed by atoms with Crippen molar-refractivity contribution < 1.29 is 4.79 Å². The average Bonchev–Trinajstić information content (AvgIpc) is 2.95. The number of aromatic nitrogens is 4. The highest BCUT2D eigenvalue weighted by molar-refractivity contribution is 5.88. The molecule has 2 aromatic heterocycles. The SMILES string of the molecule is Cc1cccc(-n2ncc3c(N4CCCN(C(=O)CC(C)C)CC4)nc(C)nc32)c1. The lowest BCUT2D eigenvalue weighted by molar-refractivity contribution is -0.131. The summed E-state index contributed by atoms with van der Waals surface area (Å²) in [6.07, 6.45) is 3.40. The van der Waals surface area contributed by atoms with Crippen LogP contribution in [0.2, 0.25) is 0 Å². The van der Waals surface area contributed by atoms with Crippen molar-refractivity contribution in [2.24, 2.45) is 5.92 Å². The van der Waals surface area contributed by atoms with Gasteiger partial charge in [-0.1, -0.05) is 26.0 Å². The van der Waals surface area contributed by atoms with Gasteiger partial charge in [-0.3, -0.25) is 4.79 Å². The molecule has 30 heavy (non-hydrogen) atoms. The highest BCUT2D eigenvalue weighted by Gasteiger charge is 2.23. The van der Waals surface area contributed by atoms with Crippen LogP contribution in [0.1, 0.15) is 38.1 Å². The summed E-state index contributed by atoms with van der Waals surface area (Å²) in [4.78, 5) is 26.3. The summed E-state index contributed by atoms with van der Waals surface area (Å²) in [5, 5.41) is 5.57. The second kappa shape index (κ2) is 8.42. The molecule has 1 amide bonds. The molecule has 1 aromatic carbocycles. The lowest BCUT2D eigenvalue weighted by Gasteiger charge is -2.24. The zero-order chi connectivity index (χ0) is 21.3.